The van der Waals surface area contributed by atoms with Crippen LogP contribution in [0.15, 0.2) is 40.2 Å². The number of aromatic nitrogens is 2. The molecule has 3 rings (SSSR count). The van der Waals surface area contributed by atoms with Gasteiger partial charge >= 0.3 is 0 Å². The number of hydrogen-bond donors (Lipinski definition) is 1. The van der Waals surface area contributed by atoms with E-state index in [0.29, 0.717) is 5.75 Å². The van der Waals surface area contributed by atoms with Gasteiger partial charge in [-0.2, -0.15) is 0 Å². The molecule has 0 unspecified atom stereocenters. The molecule has 110 valence electrons. The molecule has 1 aromatic heterocycles. The molecule has 1 N–H and O–H groups in total. The number of nitrogens with zero attached hydrogens (tertiary/aromatic N) is 2. The summed E-state index contributed by atoms with van der Waals surface area (Å²) >= 11 is 2.90. The summed E-state index contributed by atoms with van der Waals surface area (Å²) < 4.78 is 0.839. The highest BCUT2D eigenvalue weighted by molar-refractivity contribution is 8.01. The van der Waals surface area contributed by atoms with Crippen molar-refractivity contribution in [3.63, 3.8) is 0 Å². The number of rotatable bonds is 6. The molecule has 1 aliphatic rings. The third-order valence-electron chi connectivity index (χ3n) is 3.99. The molecule has 1 aliphatic carbocycles. The molecule has 0 saturated heterocycles. The van der Waals surface area contributed by atoms with Crippen molar-refractivity contribution in [1.82, 2.24) is 15.5 Å². The van der Waals surface area contributed by atoms with Crippen molar-refractivity contribution in [3.05, 3.63) is 41.4 Å². The van der Waals surface area contributed by atoms with Gasteiger partial charge in [-0.15, -0.1) is 10.2 Å². The monoisotopic (exact) mass is 319 g/mol. The Hall–Kier alpha value is -1.40. The van der Waals surface area contributed by atoms with Crippen LogP contribution in [0.2, 0.25) is 0 Å². The van der Waals surface area contributed by atoms with Gasteiger partial charge in [-0.05, 0) is 18.4 Å². The number of benzene rings is 1. The molecular weight excluding hydrogens is 302 g/mol. The van der Waals surface area contributed by atoms with Crippen LogP contribution in [0.5, 0.6) is 0 Å². The van der Waals surface area contributed by atoms with Crippen molar-refractivity contribution < 1.29 is 4.79 Å². The van der Waals surface area contributed by atoms with Crippen molar-refractivity contribution in [2.45, 2.75) is 29.0 Å². The van der Waals surface area contributed by atoms with E-state index in [1.54, 1.807) is 5.51 Å². The van der Waals surface area contributed by atoms with Crippen LogP contribution >= 0.6 is 23.1 Å². The van der Waals surface area contributed by atoms with E-state index in [2.05, 4.69) is 39.8 Å². The number of amides is 1. The van der Waals surface area contributed by atoms with Crippen molar-refractivity contribution in [1.29, 1.82) is 0 Å². The molecule has 1 saturated carbocycles. The zero-order chi connectivity index (χ0) is 14.5. The van der Waals surface area contributed by atoms with Gasteiger partial charge in [0.25, 0.3) is 0 Å². The lowest BCUT2D eigenvalue weighted by Gasteiger charge is -2.42. The minimum absolute atomic E-state index is 0.0670. The minimum atomic E-state index is 0.0670. The minimum Gasteiger partial charge on any atom is -0.354 e. The van der Waals surface area contributed by atoms with Crippen LogP contribution in [-0.4, -0.2) is 28.4 Å². The predicted molar refractivity (Wildman–Crippen MR) is 85.6 cm³/mol. The van der Waals surface area contributed by atoms with E-state index in [9.17, 15) is 4.79 Å². The molecule has 1 fully saturated rings. The molecule has 0 atom stereocenters. The zero-order valence-corrected chi connectivity index (χ0v) is 13.3. The molecular formula is C15H17N3OS2. The highest BCUT2D eigenvalue weighted by Gasteiger charge is 2.38. The fourth-order valence-electron chi connectivity index (χ4n) is 2.63. The summed E-state index contributed by atoms with van der Waals surface area (Å²) in [5, 5.41) is 10.8. The Morgan fingerprint density at radius 3 is 2.76 bits per heavy atom. The molecule has 1 amide bonds. The lowest BCUT2D eigenvalue weighted by atomic mass is 9.64. The third-order valence-corrected chi connectivity index (χ3v) is 5.85. The Morgan fingerprint density at radius 2 is 2.14 bits per heavy atom. The third kappa shape index (κ3) is 3.44. The summed E-state index contributed by atoms with van der Waals surface area (Å²) in [5.74, 6) is 0.470. The number of nitrogens with one attached hydrogen (secondary N) is 1. The molecule has 0 spiro atoms. The smallest absolute Gasteiger partial charge is 0.230 e. The first-order chi connectivity index (χ1) is 10.3. The predicted octanol–water partition coefficient (Wildman–Crippen LogP) is 2.87. The van der Waals surface area contributed by atoms with Gasteiger partial charge in [0.15, 0.2) is 4.34 Å². The Balaban J connectivity index is 1.52. The molecule has 0 aliphatic heterocycles. The van der Waals surface area contributed by atoms with Gasteiger partial charge in [0.05, 0.1) is 5.75 Å². The first-order valence-electron chi connectivity index (χ1n) is 7.00. The highest BCUT2D eigenvalue weighted by atomic mass is 32.2. The molecule has 1 heterocycles. The van der Waals surface area contributed by atoms with Gasteiger partial charge in [-0.1, -0.05) is 59.9 Å². The largest absolute Gasteiger partial charge is 0.354 e. The average molecular weight is 319 g/mol. The van der Waals surface area contributed by atoms with E-state index in [-0.39, 0.29) is 11.3 Å². The maximum Gasteiger partial charge on any atom is 0.230 e. The summed E-state index contributed by atoms with van der Waals surface area (Å²) in [7, 11) is 0. The van der Waals surface area contributed by atoms with Crippen LogP contribution in [0.3, 0.4) is 0 Å². The van der Waals surface area contributed by atoms with Gasteiger partial charge in [-0.3, -0.25) is 4.79 Å². The second kappa shape index (κ2) is 6.58. The van der Waals surface area contributed by atoms with E-state index < -0.39 is 0 Å². The first kappa shape index (κ1) is 14.5. The normalized spacial score (nSPS) is 16.2. The van der Waals surface area contributed by atoms with E-state index in [0.717, 1.165) is 23.7 Å². The zero-order valence-electron chi connectivity index (χ0n) is 11.6. The van der Waals surface area contributed by atoms with E-state index in [1.165, 1.54) is 35.1 Å². The molecule has 6 heteroatoms. The van der Waals surface area contributed by atoms with E-state index >= 15 is 0 Å². The Kier molecular flexibility index (Phi) is 4.55. The van der Waals surface area contributed by atoms with Crippen molar-refractivity contribution in [2.75, 3.05) is 12.3 Å². The Labute approximate surface area is 132 Å². The topological polar surface area (TPSA) is 54.9 Å². The average Bonchev–Trinajstić information content (AvgIpc) is 2.98. The Morgan fingerprint density at radius 1 is 1.33 bits per heavy atom. The maximum absolute atomic E-state index is 12.0. The van der Waals surface area contributed by atoms with Crippen LogP contribution in [-0.2, 0) is 10.2 Å². The van der Waals surface area contributed by atoms with Crippen LogP contribution < -0.4 is 5.32 Å². The van der Waals surface area contributed by atoms with Crippen LogP contribution in [0.25, 0.3) is 0 Å². The molecule has 2 aromatic rings. The fraction of sp³-hybridized carbons (Fsp3) is 0.400. The summed E-state index contributed by atoms with van der Waals surface area (Å²) in [5.41, 5.74) is 3.16. The fourth-order valence-corrected chi connectivity index (χ4v) is 3.95. The molecule has 0 radical (unpaired) electrons. The molecule has 4 nitrogen and oxygen atoms in total. The van der Waals surface area contributed by atoms with Crippen molar-refractivity contribution in [2.24, 2.45) is 0 Å². The van der Waals surface area contributed by atoms with Gasteiger partial charge in [0.1, 0.15) is 5.51 Å². The molecule has 1 aromatic carbocycles. The lowest BCUT2D eigenvalue weighted by Crippen LogP contribution is -2.46. The highest BCUT2D eigenvalue weighted by Crippen LogP contribution is 2.43. The van der Waals surface area contributed by atoms with Gasteiger partial charge in [0, 0.05) is 12.0 Å². The van der Waals surface area contributed by atoms with Crippen LogP contribution in [0, 0.1) is 0 Å². The molecule has 21 heavy (non-hydrogen) atoms. The number of carbonyl (C=O) groups is 1. The summed E-state index contributed by atoms with van der Waals surface area (Å²) in [6.07, 6.45) is 3.55. The second-order valence-corrected chi connectivity index (χ2v) is 7.33. The SMILES string of the molecule is O=C(CSc1nncs1)NCC1(c2ccccc2)CCC1. The quantitative estimate of drug-likeness (QED) is 0.832. The maximum atomic E-state index is 12.0. The summed E-state index contributed by atoms with van der Waals surface area (Å²) in [6.45, 7) is 0.729. The van der Waals surface area contributed by atoms with Gasteiger partial charge in [0.2, 0.25) is 5.91 Å². The number of thioether (sulfide) groups is 1. The van der Waals surface area contributed by atoms with Gasteiger partial charge in [-0.25, -0.2) is 0 Å². The second-order valence-electron chi connectivity index (χ2n) is 5.27. The number of carbonyl (C=O) groups excluding carboxylic acids is 1. The Bertz CT molecular complexity index is 582. The standard InChI is InChI=1S/C15H17N3OS2/c19-13(9-20-14-18-17-11-21-14)16-10-15(7-4-8-15)12-5-2-1-3-6-12/h1-3,5-6,11H,4,7-10H2,(H,16,19). The van der Waals surface area contributed by atoms with Crippen LogP contribution in [0.1, 0.15) is 24.8 Å². The molecule has 0 bridgehead atoms. The summed E-state index contributed by atoms with van der Waals surface area (Å²) in [6, 6.07) is 10.5. The van der Waals surface area contributed by atoms with Crippen molar-refractivity contribution in [3.8, 4) is 0 Å². The lowest BCUT2D eigenvalue weighted by molar-refractivity contribution is -0.119. The first-order valence-corrected chi connectivity index (χ1v) is 8.86. The van der Waals surface area contributed by atoms with Crippen molar-refractivity contribution >= 4 is 29.0 Å². The summed E-state index contributed by atoms with van der Waals surface area (Å²) in [4.78, 5) is 12.0. The van der Waals surface area contributed by atoms with Crippen LogP contribution in [0.4, 0.5) is 0 Å². The van der Waals surface area contributed by atoms with Gasteiger partial charge < -0.3 is 5.32 Å². The van der Waals surface area contributed by atoms with E-state index in [1.807, 2.05) is 6.07 Å². The number of hydrogen-bond acceptors (Lipinski definition) is 5. The van der Waals surface area contributed by atoms with E-state index in [4.69, 9.17) is 0 Å².